The number of morpholine rings is 1. The Hall–Kier alpha value is -0.390. The summed E-state index contributed by atoms with van der Waals surface area (Å²) in [5.41, 5.74) is 5.45. The van der Waals surface area contributed by atoms with Gasteiger partial charge in [-0.1, -0.05) is 16.8 Å². The van der Waals surface area contributed by atoms with E-state index in [-0.39, 0.29) is 29.7 Å². The lowest BCUT2D eigenvalue weighted by molar-refractivity contribution is 0.0355. The summed E-state index contributed by atoms with van der Waals surface area (Å²) in [4.78, 5) is 0. The van der Waals surface area contributed by atoms with Gasteiger partial charge < -0.3 is 15.7 Å². The maximum absolute atomic E-state index is 12.5. The number of hydrogen-bond donors (Lipinski definition) is 2. The van der Waals surface area contributed by atoms with Crippen molar-refractivity contribution in [3.8, 4) is 0 Å². The van der Waals surface area contributed by atoms with Crippen molar-refractivity contribution in [1.82, 2.24) is 4.31 Å². The molecule has 1 aliphatic heterocycles. The van der Waals surface area contributed by atoms with Gasteiger partial charge in [0.15, 0.2) is 5.84 Å². The number of amidine groups is 1. The Morgan fingerprint density at radius 1 is 1.70 bits per heavy atom. The minimum Gasteiger partial charge on any atom is -0.409 e. The molecule has 1 atom stereocenters. The number of ether oxygens (including phenoxy) is 1. The third-order valence-corrected chi connectivity index (χ3v) is 7.48. The summed E-state index contributed by atoms with van der Waals surface area (Å²) in [6.07, 6.45) is -0.762. The lowest BCUT2D eigenvalue weighted by atomic mass is 10.3. The maximum Gasteiger partial charge on any atom is 0.252 e. The zero-order valence-corrected chi connectivity index (χ0v) is 14.0. The second-order valence-corrected chi connectivity index (χ2v) is 8.88. The molecule has 0 amide bonds. The normalized spacial score (nSPS) is 22.1. The maximum atomic E-state index is 12.5. The van der Waals surface area contributed by atoms with Gasteiger partial charge in [-0.3, -0.25) is 0 Å². The third kappa shape index (κ3) is 3.10. The average Bonchev–Trinajstić information content (AvgIpc) is 2.78. The van der Waals surface area contributed by atoms with Crippen LogP contribution in [0.1, 0.15) is 0 Å². The molecule has 0 spiro atoms. The second kappa shape index (κ2) is 6.16. The molecule has 0 aliphatic carbocycles. The van der Waals surface area contributed by atoms with Crippen molar-refractivity contribution in [2.75, 3.05) is 19.7 Å². The Kier molecular flexibility index (Phi) is 4.92. The summed E-state index contributed by atoms with van der Waals surface area (Å²) >= 11 is 10.1. The van der Waals surface area contributed by atoms with Crippen molar-refractivity contribution in [2.24, 2.45) is 10.9 Å². The number of sulfonamides is 1. The zero-order valence-electron chi connectivity index (χ0n) is 9.99. The van der Waals surface area contributed by atoms with Gasteiger partial charge in [0, 0.05) is 13.1 Å². The molecule has 1 aromatic rings. The summed E-state index contributed by atoms with van der Waals surface area (Å²) in [7, 11) is -3.67. The van der Waals surface area contributed by atoms with Crippen LogP contribution in [0.4, 0.5) is 0 Å². The van der Waals surface area contributed by atoms with Gasteiger partial charge in [0.1, 0.15) is 10.3 Å². The zero-order chi connectivity index (χ0) is 14.9. The summed E-state index contributed by atoms with van der Waals surface area (Å²) in [5.74, 6) is -0.157. The minimum atomic E-state index is -3.67. The molecule has 11 heteroatoms. The molecule has 1 unspecified atom stereocenters. The fourth-order valence-electron chi connectivity index (χ4n) is 1.67. The molecule has 3 N–H and O–H groups in total. The molecular formula is C9H11BrClN3O4S2. The standard InChI is InChI=1S/C9H11BrClN3O4S2/c10-8-5(11)3-7(19-8)20(16,17)14-1-2-18-6(4-14)9(12)13-15/h3,6,15H,1-2,4H2,(H2,12,13). The van der Waals surface area contributed by atoms with E-state index in [0.29, 0.717) is 8.81 Å². The van der Waals surface area contributed by atoms with Crippen molar-refractivity contribution in [1.29, 1.82) is 0 Å². The van der Waals surface area contributed by atoms with E-state index in [1.165, 1.54) is 10.4 Å². The molecule has 0 saturated carbocycles. The van der Waals surface area contributed by atoms with E-state index in [0.717, 1.165) is 11.3 Å². The Balaban J connectivity index is 2.25. The number of hydrogen-bond acceptors (Lipinski definition) is 6. The van der Waals surface area contributed by atoms with Crippen LogP contribution in [0.25, 0.3) is 0 Å². The molecule has 7 nitrogen and oxygen atoms in total. The predicted molar refractivity (Wildman–Crippen MR) is 78.9 cm³/mol. The van der Waals surface area contributed by atoms with Gasteiger partial charge in [-0.25, -0.2) is 8.42 Å². The van der Waals surface area contributed by atoms with Crippen molar-refractivity contribution >= 4 is 54.7 Å². The second-order valence-electron chi connectivity index (χ2n) is 3.93. The largest absolute Gasteiger partial charge is 0.409 e. The monoisotopic (exact) mass is 403 g/mol. The molecule has 2 rings (SSSR count). The highest BCUT2D eigenvalue weighted by atomic mass is 79.9. The van der Waals surface area contributed by atoms with Gasteiger partial charge in [-0.15, -0.1) is 11.3 Å². The Labute approximate surface area is 133 Å². The number of oxime groups is 1. The van der Waals surface area contributed by atoms with Gasteiger partial charge in [0.25, 0.3) is 10.0 Å². The molecule has 1 aromatic heterocycles. The molecule has 112 valence electrons. The number of thiophene rings is 1. The van der Waals surface area contributed by atoms with Crippen molar-refractivity contribution in [2.45, 2.75) is 10.3 Å². The molecule has 0 aromatic carbocycles. The van der Waals surface area contributed by atoms with E-state index >= 15 is 0 Å². The van der Waals surface area contributed by atoms with Crippen molar-refractivity contribution in [3.63, 3.8) is 0 Å². The molecule has 0 radical (unpaired) electrons. The number of halogens is 2. The fourth-order valence-corrected chi connectivity index (χ4v) is 5.65. The molecule has 0 bridgehead atoms. The van der Waals surface area contributed by atoms with Gasteiger partial charge in [0.2, 0.25) is 0 Å². The smallest absolute Gasteiger partial charge is 0.252 e. The van der Waals surface area contributed by atoms with Gasteiger partial charge in [-0.05, 0) is 22.0 Å². The van der Waals surface area contributed by atoms with Crippen LogP contribution in [-0.2, 0) is 14.8 Å². The number of nitrogens with zero attached hydrogens (tertiary/aromatic N) is 2. The van der Waals surface area contributed by atoms with Crippen molar-refractivity contribution in [3.05, 3.63) is 14.9 Å². The van der Waals surface area contributed by atoms with Crippen LogP contribution < -0.4 is 5.73 Å². The first-order chi connectivity index (χ1) is 9.36. The molecular weight excluding hydrogens is 394 g/mol. The molecule has 20 heavy (non-hydrogen) atoms. The summed E-state index contributed by atoms with van der Waals surface area (Å²) in [5, 5.41) is 11.8. The molecule has 1 aliphatic rings. The van der Waals surface area contributed by atoms with E-state index in [4.69, 9.17) is 27.3 Å². The van der Waals surface area contributed by atoms with Gasteiger partial charge in [0.05, 0.1) is 15.4 Å². The van der Waals surface area contributed by atoms with Gasteiger partial charge >= 0.3 is 0 Å². The minimum absolute atomic E-state index is 0.00857. The van der Waals surface area contributed by atoms with Gasteiger partial charge in [-0.2, -0.15) is 4.31 Å². The summed E-state index contributed by atoms with van der Waals surface area (Å²) in [6, 6.07) is 1.39. The molecule has 1 saturated heterocycles. The van der Waals surface area contributed by atoms with E-state index in [2.05, 4.69) is 21.1 Å². The Bertz CT molecular complexity index is 614. The lowest BCUT2D eigenvalue weighted by Crippen LogP contribution is -2.50. The Morgan fingerprint density at radius 3 is 2.95 bits per heavy atom. The highest BCUT2D eigenvalue weighted by molar-refractivity contribution is 9.11. The fraction of sp³-hybridized carbons (Fsp3) is 0.444. The third-order valence-electron chi connectivity index (χ3n) is 2.69. The first-order valence-electron chi connectivity index (χ1n) is 5.40. The highest BCUT2D eigenvalue weighted by Gasteiger charge is 2.34. The van der Waals surface area contributed by atoms with E-state index < -0.39 is 16.1 Å². The molecule has 2 heterocycles. The van der Waals surface area contributed by atoms with E-state index in [1.807, 2.05) is 0 Å². The predicted octanol–water partition coefficient (Wildman–Crippen LogP) is 1.30. The van der Waals surface area contributed by atoms with Crippen molar-refractivity contribution < 1.29 is 18.4 Å². The van der Waals surface area contributed by atoms with Crippen LogP contribution in [0.3, 0.4) is 0 Å². The van der Waals surface area contributed by atoms with Crippen LogP contribution in [0.5, 0.6) is 0 Å². The first kappa shape index (κ1) is 16.0. The quantitative estimate of drug-likeness (QED) is 0.342. The highest BCUT2D eigenvalue weighted by Crippen LogP contribution is 2.36. The summed E-state index contributed by atoms with van der Waals surface area (Å²) < 4.78 is 32.1. The summed E-state index contributed by atoms with van der Waals surface area (Å²) in [6.45, 7) is 0.358. The number of rotatable bonds is 3. The van der Waals surface area contributed by atoms with Crippen LogP contribution in [0.2, 0.25) is 5.02 Å². The lowest BCUT2D eigenvalue weighted by Gasteiger charge is -2.30. The number of nitrogens with two attached hydrogens (primary N) is 1. The van der Waals surface area contributed by atoms with E-state index in [1.54, 1.807) is 0 Å². The van der Waals surface area contributed by atoms with Crippen LogP contribution in [-0.4, -0.2) is 49.6 Å². The molecule has 1 fully saturated rings. The first-order valence-corrected chi connectivity index (χ1v) is 8.83. The topological polar surface area (TPSA) is 105 Å². The van der Waals surface area contributed by atoms with Crippen LogP contribution >= 0.6 is 38.9 Å². The SMILES string of the molecule is NC(=NO)C1CN(S(=O)(=O)c2cc(Cl)c(Br)s2)CCO1. The average molecular weight is 405 g/mol. The van der Waals surface area contributed by atoms with E-state index in [9.17, 15) is 8.42 Å². The van der Waals surface area contributed by atoms with Crippen LogP contribution in [0, 0.1) is 0 Å². The Morgan fingerprint density at radius 2 is 2.40 bits per heavy atom. The van der Waals surface area contributed by atoms with Crippen LogP contribution in [0.15, 0.2) is 19.2 Å².